The van der Waals surface area contributed by atoms with Crippen LogP contribution >= 0.6 is 23.7 Å². The molecule has 0 unspecified atom stereocenters. The Balaban J connectivity index is 0.00000405. The summed E-state index contributed by atoms with van der Waals surface area (Å²) in [5, 5.41) is 11.9. The van der Waals surface area contributed by atoms with Gasteiger partial charge in [-0.25, -0.2) is 27.8 Å². The van der Waals surface area contributed by atoms with Crippen molar-refractivity contribution in [3.05, 3.63) is 53.7 Å². The van der Waals surface area contributed by atoms with Gasteiger partial charge in [-0.1, -0.05) is 33.8 Å². The molecule has 42 heavy (non-hydrogen) atoms. The van der Waals surface area contributed by atoms with Crippen molar-refractivity contribution in [2.45, 2.75) is 58.4 Å². The number of halogens is 2. The summed E-state index contributed by atoms with van der Waals surface area (Å²) in [4.78, 5) is 14.6. The topological polar surface area (TPSA) is 127 Å². The van der Waals surface area contributed by atoms with Crippen LogP contribution in [0.2, 0.25) is 0 Å². The SMILES string of the molecule is CCCS(=O)(=O)Nc1cccc(-c2nc(C(C)(C)C)sc2-c2ccnc(Nc3cnn(C4CCNCC4)c3)n2)c1F.Cl. The minimum Gasteiger partial charge on any atom is -0.321 e. The second-order valence-corrected chi connectivity index (χ2v) is 14.0. The van der Waals surface area contributed by atoms with Gasteiger partial charge in [-0.05, 0) is 50.6 Å². The average molecular weight is 635 g/mol. The lowest BCUT2D eigenvalue weighted by molar-refractivity contribution is 0.343. The smallest absolute Gasteiger partial charge is 0.232 e. The molecular weight excluding hydrogens is 599 g/mol. The zero-order valence-corrected chi connectivity index (χ0v) is 26.5. The van der Waals surface area contributed by atoms with Crippen molar-refractivity contribution < 1.29 is 12.8 Å². The third kappa shape index (κ3) is 7.25. The van der Waals surface area contributed by atoms with E-state index in [9.17, 15) is 8.42 Å². The van der Waals surface area contributed by atoms with Crippen molar-refractivity contribution in [3.63, 3.8) is 0 Å². The lowest BCUT2D eigenvalue weighted by Gasteiger charge is -2.22. The van der Waals surface area contributed by atoms with Gasteiger partial charge in [-0.15, -0.1) is 23.7 Å². The molecule has 226 valence electrons. The molecule has 1 fully saturated rings. The quantitative estimate of drug-likeness (QED) is 0.200. The fourth-order valence-corrected chi connectivity index (χ4v) is 6.87. The van der Waals surface area contributed by atoms with E-state index in [1.807, 2.05) is 31.6 Å². The maximum Gasteiger partial charge on any atom is 0.232 e. The fourth-order valence-electron chi connectivity index (χ4n) is 4.63. The highest BCUT2D eigenvalue weighted by Gasteiger charge is 2.26. The molecule has 0 aliphatic carbocycles. The summed E-state index contributed by atoms with van der Waals surface area (Å²) in [7, 11) is -3.67. The first kappa shape index (κ1) is 31.8. The molecule has 0 saturated carbocycles. The van der Waals surface area contributed by atoms with E-state index in [4.69, 9.17) is 9.97 Å². The highest BCUT2D eigenvalue weighted by molar-refractivity contribution is 7.92. The number of thiazole rings is 1. The lowest BCUT2D eigenvalue weighted by atomic mass is 9.98. The largest absolute Gasteiger partial charge is 0.321 e. The number of piperidine rings is 1. The van der Waals surface area contributed by atoms with Crippen LogP contribution in [-0.2, 0) is 15.4 Å². The van der Waals surface area contributed by atoms with Crippen LogP contribution in [0.5, 0.6) is 0 Å². The second-order valence-electron chi connectivity index (χ2n) is 11.1. The molecule has 0 atom stereocenters. The van der Waals surface area contributed by atoms with Crippen LogP contribution in [0.1, 0.15) is 58.0 Å². The number of aromatic nitrogens is 5. The van der Waals surface area contributed by atoms with E-state index in [0.717, 1.165) is 36.6 Å². The molecule has 1 saturated heterocycles. The predicted molar refractivity (Wildman–Crippen MR) is 169 cm³/mol. The number of sulfonamides is 1. The van der Waals surface area contributed by atoms with Gasteiger partial charge in [0.1, 0.15) is 0 Å². The molecule has 1 aliphatic heterocycles. The minimum absolute atomic E-state index is 0. The Morgan fingerprint density at radius 3 is 2.64 bits per heavy atom. The molecule has 0 amide bonds. The Hall–Kier alpha value is -3.13. The van der Waals surface area contributed by atoms with Crippen LogP contribution in [0.15, 0.2) is 42.9 Å². The maximum atomic E-state index is 15.8. The van der Waals surface area contributed by atoms with Crippen LogP contribution in [0.25, 0.3) is 21.8 Å². The number of nitrogens with one attached hydrogen (secondary N) is 3. The number of benzene rings is 1. The summed E-state index contributed by atoms with van der Waals surface area (Å²) in [6, 6.07) is 6.76. The molecular formula is C28H36ClFN8O2S2. The van der Waals surface area contributed by atoms with E-state index < -0.39 is 15.8 Å². The van der Waals surface area contributed by atoms with E-state index in [0.29, 0.717) is 34.7 Å². The molecule has 1 aromatic carbocycles. The zero-order chi connectivity index (χ0) is 29.2. The Morgan fingerprint density at radius 2 is 1.93 bits per heavy atom. The third-order valence-electron chi connectivity index (χ3n) is 6.69. The van der Waals surface area contributed by atoms with Crippen molar-refractivity contribution in [2.75, 3.05) is 28.9 Å². The van der Waals surface area contributed by atoms with E-state index in [1.165, 1.54) is 17.4 Å². The molecule has 3 N–H and O–H groups in total. The van der Waals surface area contributed by atoms with Crippen molar-refractivity contribution in [3.8, 4) is 21.8 Å². The first-order chi connectivity index (χ1) is 19.5. The molecule has 4 heterocycles. The normalized spacial score (nSPS) is 14.4. The summed E-state index contributed by atoms with van der Waals surface area (Å²) in [5.74, 6) is -0.400. The first-order valence-corrected chi connectivity index (χ1v) is 16.2. The number of anilines is 3. The molecule has 0 spiro atoms. The van der Waals surface area contributed by atoms with Gasteiger partial charge in [-0.3, -0.25) is 9.40 Å². The number of nitrogens with zero attached hydrogens (tertiary/aromatic N) is 5. The maximum absolute atomic E-state index is 15.8. The van der Waals surface area contributed by atoms with Crippen molar-refractivity contribution in [1.29, 1.82) is 0 Å². The van der Waals surface area contributed by atoms with Gasteiger partial charge >= 0.3 is 0 Å². The van der Waals surface area contributed by atoms with Crippen LogP contribution < -0.4 is 15.4 Å². The minimum atomic E-state index is -3.67. The second kappa shape index (κ2) is 13.0. The first-order valence-electron chi connectivity index (χ1n) is 13.7. The molecule has 4 aromatic rings. The monoisotopic (exact) mass is 634 g/mol. The summed E-state index contributed by atoms with van der Waals surface area (Å²) in [6.45, 7) is 9.82. The fraction of sp³-hybridized carbons (Fsp3) is 0.429. The number of hydrogen-bond donors (Lipinski definition) is 3. The van der Waals surface area contributed by atoms with Crippen molar-refractivity contribution >= 4 is 51.1 Å². The Morgan fingerprint density at radius 1 is 1.17 bits per heavy atom. The van der Waals surface area contributed by atoms with Gasteiger partial charge in [0.05, 0.1) is 50.6 Å². The number of rotatable bonds is 9. The third-order valence-corrected chi connectivity index (χ3v) is 9.67. The van der Waals surface area contributed by atoms with Gasteiger partial charge in [-0.2, -0.15) is 5.10 Å². The molecule has 10 nitrogen and oxygen atoms in total. The summed E-state index contributed by atoms with van der Waals surface area (Å²) >= 11 is 1.43. The Labute approximate surface area is 256 Å². The highest BCUT2D eigenvalue weighted by atomic mass is 35.5. The van der Waals surface area contributed by atoms with Gasteiger partial charge in [0.2, 0.25) is 16.0 Å². The zero-order valence-electron chi connectivity index (χ0n) is 24.0. The van der Waals surface area contributed by atoms with Crippen LogP contribution in [0.4, 0.5) is 21.7 Å². The van der Waals surface area contributed by atoms with E-state index in [1.54, 1.807) is 37.5 Å². The van der Waals surface area contributed by atoms with Crippen LogP contribution in [0.3, 0.4) is 0 Å². The Kier molecular flexibility index (Phi) is 9.86. The van der Waals surface area contributed by atoms with Gasteiger partial charge < -0.3 is 10.6 Å². The summed E-state index contributed by atoms with van der Waals surface area (Å²) in [5.41, 5.74) is 1.54. The van der Waals surface area contributed by atoms with Crippen LogP contribution in [-0.4, -0.2) is 52.0 Å². The van der Waals surface area contributed by atoms with Gasteiger partial charge in [0.25, 0.3) is 0 Å². The lowest BCUT2D eigenvalue weighted by Crippen LogP contribution is -2.29. The highest BCUT2D eigenvalue weighted by Crippen LogP contribution is 2.42. The van der Waals surface area contributed by atoms with E-state index >= 15 is 4.39 Å². The summed E-state index contributed by atoms with van der Waals surface area (Å²) in [6.07, 6.45) is 7.83. The van der Waals surface area contributed by atoms with E-state index in [-0.39, 0.29) is 34.8 Å². The molecule has 5 rings (SSSR count). The molecule has 0 bridgehead atoms. The summed E-state index contributed by atoms with van der Waals surface area (Å²) < 4.78 is 45.0. The molecule has 14 heteroatoms. The molecule has 0 radical (unpaired) electrons. The standard InChI is InChI=1S/C28H35FN8O2S2.ClH/c1-5-15-41(38,39)36-21-8-6-7-20(23(21)29)24-25(40-26(35-24)28(2,3)4)22-11-14-31-27(34-22)33-18-16-32-37(17-18)19-9-12-30-13-10-19;/h6-8,11,14,16-17,19,30,36H,5,9-10,12-13,15H2,1-4H3,(H,31,33,34);1H. The number of hydrogen-bond acceptors (Lipinski definition) is 9. The molecule has 3 aromatic heterocycles. The van der Waals surface area contributed by atoms with Gasteiger partial charge in [0.15, 0.2) is 5.82 Å². The van der Waals surface area contributed by atoms with Gasteiger partial charge in [0, 0.05) is 23.4 Å². The van der Waals surface area contributed by atoms with Crippen molar-refractivity contribution in [2.24, 2.45) is 0 Å². The Bertz CT molecular complexity index is 1630. The van der Waals surface area contributed by atoms with Crippen LogP contribution in [0, 0.1) is 5.82 Å². The predicted octanol–water partition coefficient (Wildman–Crippen LogP) is 6.14. The van der Waals surface area contributed by atoms with Crippen molar-refractivity contribution in [1.82, 2.24) is 30.0 Å². The average Bonchev–Trinajstić information content (AvgIpc) is 3.58. The van der Waals surface area contributed by atoms with E-state index in [2.05, 4.69) is 25.4 Å². The molecule has 1 aliphatic rings.